The standard InChI is InChI=1S/C39H42N4/c1-2-6-26(7-3-1)39-41-23-37(43-39)25-11-9-24(10-12-25)31-17-16-30(33-21-28-13-15-32(28)38(31)33)27-14-18-34-29(20-27)22-36(42-34)35-8-4-5-19-40-35/h9-12,14,16-18,20,23,26,28,32,35,40H,1-8,13,15,19,21-22H2,(H,41,43)/t28?,32?,35-/m0/s1. The van der Waals surface area contributed by atoms with E-state index in [1.54, 1.807) is 11.1 Å². The Morgan fingerprint density at radius 2 is 1.53 bits per heavy atom. The van der Waals surface area contributed by atoms with Crippen molar-refractivity contribution in [2.75, 3.05) is 6.54 Å². The van der Waals surface area contributed by atoms with Crippen LogP contribution >= 0.6 is 0 Å². The van der Waals surface area contributed by atoms with Gasteiger partial charge in [-0.2, -0.15) is 0 Å². The Morgan fingerprint density at radius 1 is 0.721 bits per heavy atom. The van der Waals surface area contributed by atoms with Gasteiger partial charge in [0.1, 0.15) is 5.82 Å². The van der Waals surface area contributed by atoms with Gasteiger partial charge in [-0.25, -0.2) is 4.98 Å². The highest BCUT2D eigenvalue weighted by molar-refractivity contribution is 5.98. The molecule has 3 fully saturated rings. The lowest BCUT2D eigenvalue weighted by Crippen LogP contribution is -2.40. The van der Waals surface area contributed by atoms with E-state index in [1.807, 2.05) is 6.20 Å². The van der Waals surface area contributed by atoms with E-state index in [1.165, 1.54) is 121 Å². The molecule has 3 heterocycles. The number of imidazole rings is 1. The highest BCUT2D eigenvalue weighted by Gasteiger charge is 2.42. The maximum Gasteiger partial charge on any atom is 0.109 e. The van der Waals surface area contributed by atoms with Gasteiger partial charge >= 0.3 is 0 Å². The second-order valence-electron chi connectivity index (χ2n) is 13.9. The first-order chi connectivity index (χ1) is 21.3. The summed E-state index contributed by atoms with van der Waals surface area (Å²) < 4.78 is 0. The van der Waals surface area contributed by atoms with Crippen molar-refractivity contribution < 1.29 is 0 Å². The van der Waals surface area contributed by atoms with Crippen LogP contribution in [0.2, 0.25) is 0 Å². The molecule has 0 amide bonds. The minimum Gasteiger partial charge on any atom is -0.342 e. The Kier molecular flexibility index (Phi) is 6.39. The number of H-pyrrole nitrogens is 1. The number of fused-ring (bicyclic) bond motifs is 4. The number of aromatic nitrogens is 2. The number of hydrogen-bond acceptors (Lipinski definition) is 3. The highest BCUT2D eigenvalue weighted by Crippen LogP contribution is 2.56. The zero-order valence-corrected chi connectivity index (χ0v) is 25.2. The van der Waals surface area contributed by atoms with Crippen LogP contribution in [0.5, 0.6) is 0 Å². The summed E-state index contributed by atoms with van der Waals surface area (Å²) in [6.45, 7) is 1.12. The van der Waals surface area contributed by atoms with E-state index in [2.05, 4.69) is 64.9 Å². The molecule has 1 saturated heterocycles. The maximum atomic E-state index is 5.07. The Morgan fingerprint density at radius 3 is 2.35 bits per heavy atom. The van der Waals surface area contributed by atoms with E-state index in [4.69, 9.17) is 9.98 Å². The monoisotopic (exact) mass is 566 g/mol. The van der Waals surface area contributed by atoms with Crippen LogP contribution in [0, 0.1) is 5.92 Å². The summed E-state index contributed by atoms with van der Waals surface area (Å²) in [7, 11) is 0. The van der Waals surface area contributed by atoms with Crippen LogP contribution in [0.25, 0.3) is 33.5 Å². The summed E-state index contributed by atoms with van der Waals surface area (Å²) in [6.07, 6.45) is 17.4. The number of rotatable bonds is 5. The van der Waals surface area contributed by atoms with Gasteiger partial charge in [0, 0.05) is 24.1 Å². The third kappa shape index (κ3) is 4.52. The number of piperidine rings is 1. The lowest BCUT2D eigenvalue weighted by atomic mass is 9.73. The molecule has 9 rings (SSSR count). The molecule has 0 bridgehead atoms. The minimum absolute atomic E-state index is 0.461. The third-order valence-corrected chi connectivity index (χ3v) is 11.4. The number of hydrogen-bond donors (Lipinski definition) is 2. The topological polar surface area (TPSA) is 53.1 Å². The Balaban J connectivity index is 1.01. The first kappa shape index (κ1) is 25.9. The first-order valence-corrected chi connectivity index (χ1v) is 17.0. The fourth-order valence-electron chi connectivity index (χ4n) is 8.91. The SMILES string of the molecule is c1cc(-c2ccc(-c3ccc4c(c3)CC([C@@H]3CCCCN3)=N4)c3c2C2CCC2C3)ccc1-c1cnc(C2CCCCC2)[nH]1. The molecule has 2 saturated carbocycles. The van der Waals surface area contributed by atoms with Gasteiger partial charge in [0.2, 0.25) is 0 Å². The predicted molar refractivity (Wildman–Crippen MR) is 176 cm³/mol. The Bertz CT molecular complexity index is 1700. The summed E-state index contributed by atoms with van der Waals surface area (Å²) in [5, 5.41) is 3.71. The van der Waals surface area contributed by atoms with Crippen molar-refractivity contribution in [1.29, 1.82) is 0 Å². The van der Waals surface area contributed by atoms with E-state index in [0.29, 0.717) is 12.0 Å². The van der Waals surface area contributed by atoms with Gasteiger partial charge in [-0.15, -0.1) is 0 Å². The van der Waals surface area contributed by atoms with E-state index in [-0.39, 0.29) is 0 Å². The molecule has 1 aromatic heterocycles. The van der Waals surface area contributed by atoms with Crippen molar-refractivity contribution in [2.45, 2.75) is 94.9 Å². The van der Waals surface area contributed by atoms with Gasteiger partial charge in [0.05, 0.1) is 17.6 Å². The van der Waals surface area contributed by atoms with Gasteiger partial charge in [0.25, 0.3) is 0 Å². The maximum absolute atomic E-state index is 5.07. The van der Waals surface area contributed by atoms with Crippen molar-refractivity contribution in [3.05, 3.63) is 83.3 Å². The molecule has 218 valence electrons. The van der Waals surface area contributed by atoms with E-state index in [9.17, 15) is 0 Å². The summed E-state index contributed by atoms with van der Waals surface area (Å²) in [4.78, 5) is 13.5. The quantitative estimate of drug-likeness (QED) is 0.253. The molecule has 43 heavy (non-hydrogen) atoms. The first-order valence-electron chi connectivity index (χ1n) is 17.0. The van der Waals surface area contributed by atoms with Gasteiger partial charge in [-0.3, -0.25) is 4.99 Å². The highest BCUT2D eigenvalue weighted by atomic mass is 15.0. The zero-order valence-electron chi connectivity index (χ0n) is 25.2. The smallest absolute Gasteiger partial charge is 0.109 e. The van der Waals surface area contributed by atoms with Crippen molar-refractivity contribution >= 4 is 11.4 Å². The number of nitrogens with zero attached hydrogens (tertiary/aromatic N) is 2. The average molecular weight is 567 g/mol. The summed E-state index contributed by atoms with van der Waals surface area (Å²) >= 11 is 0. The van der Waals surface area contributed by atoms with E-state index >= 15 is 0 Å². The second-order valence-corrected chi connectivity index (χ2v) is 13.9. The molecule has 0 spiro atoms. The fourth-order valence-corrected chi connectivity index (χ4v) is 8.91. The largest absolute Gasteiger partial charge is 0.342 e. The molecule has 0 radical (unpaired) electrons. The van der Waals surface area contributed by atoms with E-state index in [0.717, 1.165) is 30.5 Å². The lowest BCUT2D eigenvalue weighted by Gasteiger charge is -2.31. The molecular formula is C39H42N4. The van der Waals surface area contributed by atoms with Crippen molar-refractivity contribution in [2.24, 2.45) is 10.9 Å². The minimum atomic E-state index is 0.461. The van der Waals surface area contributed by atoms with Crippen LogP contribution < -0.4 is 5.32 Å². The van der Waals surface area contributed by atoms with Crippen molar-refractivity contribution in [3.8, 4) is 33.5 Å². The second kappa shape index (κ2) is 10.6. The molecule has 3 atom stereocenters. The van der Waals surface area contributed by atoms with Crippen LogP contribution in [-0.4, -0.2) is 28.3 Å². The molecule has 3 aromatic carbocycles. The van der Waals surface area contributed by atoms with Gasteiger partial charge < -0.3 is 10.3 Å². The summed E-state index contributed by atoms with van der Waals surface area (Å²) in [5.41, 5.74) is 15.2. The number of aliphatic imine (C=N–C) groups is 1. The van der Waals surface area contributed by atoms with Crippen LogP contribution in [0.1, 0.15) is 98.6 Å². The van der Waals surface area contributed by atoms with Crippen LogP contribution in [0.3, 0.4) is 0 Å². The molecule has 4 aromatic rings. The predicted octanol–water partition coefficient (Wildman–Crippen LogP) is 9.28. The van der Waals surface area contributed by atoms with Crippen LogP contribution in [0.4, 0.5) is 5.69 Å². The third-order valence-electron chi connectivity index (χ3n) is 11.4. The molecule has 4 nitrogen and oxygen atoms in total. The molecule has 2 N–H and O–H groups in total. The van der Waals surface area contributed by atoms with Gasteiger partial charge in [-0.05, 0) is 120 Å². The molecular weight excluding hydrogens is 524 g/mol. The van der Waals surface area contributed by atoms with Gasteiger partial charge in [-0.1, -0.05) is 68.1 Å². The number of aromatic amines is 1. The Hall–Kier alpha value is -3.50. The zero-order chi connectivity index (χ0) is 28.3. The molecule has 4 heteroatoms. The van der Waals surface area contributed by atoms with Gasteiger partial charge in [0.15, 0.2) is 0 Å². The molecule has 3 aliphatic carbocycles. The van der Waals surface area contributed by atoms with Crippen LogP contribution in [0.15, 0.2) is 65.8 Å². The molecule has 5 aliphatic rings. The van der Waals surface area contributed by atoms with Crippen LogP contribution in [-0.2, 0) is 12.8 Å². The summed E-state index contributed by atoms with van der Waals surface area (Å²) in [6, 6.07) is 21.6. The van der Waals surface area contributed by atoms with E-state index < -0.39 is 0 Å². The molecule has 2 aliphatic heterocycles. The fraction of sp³-hybridized carbons (Fsp3) is 0.436. The lowest BCUT2D eigenvalue weighted by molar-refractivity contribution is 0.281. The number of benzene rings is 3. The Labute approximate surface area is 255 Å². The summed E-state index contributed by atoms with van der Waals surface area (Å²) in [5.74, 6) is 3.33. The number of nitrogens with one attached hydrogen (secondary N) is 2. The van der Waals surface area contributed by atoms with Crippen molar-refractivity contribution in [3.63, 3.8) is 0 Å². The molecule has 2 unspecified atom stereocenters. The average Bonchev–Trinajstić information content (AvgIpc) is 3.78. The van der Waals surface area contributed by atoms with Crippen molar-refractivity contribution in [1.82, 2.24) is 15.3 Å². The normalized spacial score (nSPS) is 24.7.